The standard InChI is InChI=1S/C17H27NO/c1-4-15-7-5-6-8-16(15)18-11-9-14(10-12-19)13-17(18,2)3/h5-8,14,19H,4,9-13H2,1-3H3. The van der Waals surface area contributed by atoms with Crippen LogP contribution < -0.4 is 4.90 Å². The van der Waals surface area contributed by atoms with Gasteiger partial charge in [-0.25, -0.2) is 0 Å². The maximum atomic E-state index is 9.14. The Bertz CT molecular complexity index is 413. The van der Waals surface area contributed by atoms with Crippen LogP contribution in [0, 0.1) is 5.92 Å². The van der Waals surface area contributed by atoms with Crippen LogP contribution in [0.3, 0.4) is 0 Å². The number of aliphatic hydroxyl groups is 1. The van der Waals surface area contributed by atoms with Gasteiger partial charge in [0.25, 0.3) is 0 Å². The molecule has 2 rings (SSSR count). The number of para-hydroxylation sites is 1. The third-order valence-electron chi connectivity index (χ3n) is 4.48. The van der Waals surface area contributed by atoms with Crippen molar-refractivity contribution in [1.29, 1.82) is 0 Å². The zero-order chi connectivity index (χ0) is 13.9. The molecule has 19 heavy (non-hydrogen) atoms. The van der Waals surface area contributed by atoms with Crippen molar-refractivity contribution < 1.29 is 5.11 Å². The molecule has 1 unspecified atom stereocenters. The Hall–Kier alpha value is -1.02. The van der Waals surface area contributed by atoms with E-state index in [0.717, 1.165) is 19.4 Å². The van der Waals surface area contributed by atoms with Crippen LogP contribution in [0.15, 0.2) is 24.3 Å². The molecule has 1 fully saturated rings. The smallest absolute Gasteiger partial charge is 0.0433 e. The Morgan fingerprint density at radius 2 is 2.05 bits per heavy atom. The van der Waals surface area contributed by atoms with Crippen LogP contribution in [0.4, 0.5) is 5.69 Å². The van der Waals surface area contributed by atoms with Crippen molar-refractivity contribution in [3.8, 4) is 0 Å². The van der Waals surface area contributed by atoms with Gasteiger partial charge in [0.15, 0.2) is 0 Å². The van der Waals surface area contributed by atoms with Gasteiger partial charge in [0.1, 0.15) is 0 Å². The number of nitrogens with zero attached hydrogens (tertiary/aromatic N) is 1. The maximum absolute atomic E-state index is 9.14. The fourth-order valence-corrected chi connectivity index (χ4v) is 3.48. The molecule has 0 spiro atoms. The molecular formula is C17H27NO. The number of piperidine rings is 1. The molecule has 0 saturated carbocycles. The largest absolute Gasteiger partial charge is 0.396 e. The molecule has 1 N–H and O–H groups in total. The minimum absolute atomic E-state index is 0.184. The fourth-order valence-electron chi connectivity index (χ4n) is 3.48. The summed E-state index contributed by atoms with van der Waals surface area (Å²) in [6, 6.07) is 8.77. The van der Waals surface area contributed by atoms with E-state index in [1.54, 1.807) is 0 Å². The predicted molar refractivity (Wildman–Crippen MR) is 81.7 cm³/mol. The first kappa shape index (κ1) is 14.4. The number of aliphatic hydroxyl groups excluding tert-OH is 1. The van der Waals surface area contributed by atoms with Crippen molar-refractivity contribution in [3.63, 3.8) is 0 Å². The Balaban J connectivity index is 2.21. The summed E-state index contributed by atoms with van der Waals surface area (Å²) in [5, 5.41) is 9.14. The molecule has 1 aromatic carbocycles. The average Bonchev–Trinajstić information content (AvgIpc) is 2.38. The number of hydrogen-bond donors (Lipinski definition) is 1. The van der Waals surface area contributed by atoms with Gasteiger partial charge in [0.2, 0.25) is 0 Å². The second-order valence-corrected chi connectivity index (χ2v) is 6.32. The molecule has 1 heterocycles. The van der Waals surface area contributed by atoms with Crippen molar-refractivity contribution in [2.45, 2.75) is 52.0 Å². The molecule has 106 valence electrons. The predicted octanol–water partition coefficient (Wildman–Crippen LogP) is 3.63. The molecule has 1 aliphatic rings. The Kier molecular flexibility index (Phi) is 4.51. The average molecular weight is 261 g/mol. The lowest BCUT2D eigenvalue weighted by atomic mass is 9.80. The molecular weight excluding hydrogens is 234 g/mol. The summed E-state index contributed by atoms with van der Waals surface area (Å²) in [7, 11) is 0. The summed E-state index contributed by atoms with van der Waals surface area (Å²) in [6.45, 7) is 8.33. The van der Waals surface area contributed by atoms with Crippen LogP contribution in [-0.2, 0) is 6.42 Å². The van der Waals surface area contributed by atoms with E-state index >= 15 is 0 Å². The van der Waals surface area contributed by atoms with E-state index in [1.165, 1.54) is 24.1 Å². The lowest BCUT2D eigenvalue weighted by Gasteiger charge is -2.48. The molecule has 0 amide bonds. The van der Waals surface area contributed by atoms with Crippen molar-refractivity contribution >= 4 is 5.69 Å². The second kappa shape index (κ2) is 5.96. The lowest BCUT2D eigenvalue weighted by molar-refractivity contribution is 0.204. The highest BCUT2D eigenvalue weighted by Crippen LogP contribution is 2.38. The first-order chi connectivity index (χ1) is 9.08. The van der Waals surface area contributed by atoms with Crippen LogP contribution in [-0.4, -0.2) is 23.8 Å². The fraction of sp³-hybridized carbons (Fsp3) is 0.647. The van der Waals surface area contributed by atoms with Gasteiger partial charge in [-0.05, 0) is 57.1 Å². The summed E-state index contributed by atoms with van der Waals surface area (Å²) < 4.78 is 0. The third kappa shape index (κ3) is 3.11. The Morgan fingerprint density at radius 3 is 2.68 bits per heavy atom. The number of anilines is 1. The van der Waals surface area contributed by atoms with Crippen LogP contribution in [0.2, 0.25) is 0 Å². The van der Waals surface area contributed by atoms with E-state index in [0.29, 0.717) is 12.5 Å². The van der Waals surface area contributed by atoms with Gasteiger partial charge in [-0.1, -0.05) is 25.1 Å². The summed E-state index contributed by atoms with van der Waals surface area (Å²) in [4.78, 5) is 2.57. The number of hydrogen-bond acceptors (Lipinski definition) is 2. The summed E-state index contributed by atoms with van der Waals surface area (Å²) >= 11 is 0. The van der Waals surface area contributed by atoms with Crippen molar-refractivity contribution in [2.75, 3.05) is 18.1 Å². The first-order valence-corrected chi connectivity index (χ1v) is 7.55. The summed E-state index contributed by atoms with van der Waals surface area (Å²) in [5.41, 5.74) is 3.03. The van der Waals surface area contributed by atoms with Gasteiger partial charge in [0, 0.05) is 24.4 Å². The van der Waals surface area contributed by atoms with Crippen molar-refractivity contribution in [1.82, 2.24) is 0 Å². The zero-order valence-corrected chi connectivity index (χ0v) is 12.5. The topological polar surface area (TPSA) is 23.5 Å². The molecule has 1 aliphatic heterocycles. The van der Waals surface area contributed by atoms with Crippen LogP contribution >= 0.6 is 0 Å². The van der Waals surface area contributed by atoms with Crippen LogP contribution in [0.5, 0.6) is 0 Å². The minimum Gasteiger partial charge on any atom is -0.396 e. The normalized spacial score (nSPS) is 22.5. The molecule has 1 saturated heterocycles. The highest BCUT2D eigenvalue weighted by atomic mass is 16.3. The van der Waals surface area contributed by atoms with Crippen LogP contribution in [0.25, 0.3) is 0 Å². The van der Waals surface area contributed by atoms with Gasteiger partial charge < -0.3 is 10.0 Å². The molecule has 1 aromatic rings. The number of rotatable bonds is 4. The highest BCUT2D eigenvalue weighted by molar-refractivity contribution is 5.56. The molecule has 0 aromatic heterocycles. The van der Waals surface area contributed by atoms with E-state index < -0.39 is 0 Å². The summed E-state index contributed by atoms with van der Waals surface area (Å²) in [5.74, 6) is 0.671. The summed E-state index contributed by atoms with van der Waals surface area (Å²) in [6.07, 6.45) is 4.41. The minimum atomic E-state index is 0.184. The lowest BCUT2D eigenvalue weighted by Crippen LogP contribution is -2.50. The van der Waals surface area contributed by atoms with Crippen molar-refractivity contribution in [3.05, 3.63) is 29.8 Å². The quantitative estimate of drug-likeness (QED) is 0.894. The second-order valence-electron chi connectivity index (χ2n) is 6.32. The highest BCUT2D eigenvalue weighted by Gasteiger charge is 2.35. The van der Waals surface area contributed by atoms with Gasteiger partial charge in [-0.3, -0.25) is 0 Å². The van der Waals surface area contributed by atoms with E-state index in [4.69, 9.17) is 5.11 Å². The molecule has 1 atom stereocenters. The maximum Gasteiger partial charge on any atom is 0.0433 e. The van der Waals surface area contributed by atoms with E-state index in [1.807, 2.05) is 0 Å². The van der Waals surface area contributed by atoms with Crippen LogP contribution in [0.1, 0.15) is 45.6 Å². The Labute approximate surface area is 117 Å². The zero-order valence-electron chi connectivity index (χ0n) is 12.5. The molecule has 2 heteroatoms. The molecule has 0 radical (unpaired) electrons. The van der Waals surface area contributed by atoms with E-state index in [2.05, 4.69) is 49.9 Å². The first-order valence-electron chi connectivity index (χ1n) is 7.55. The SMILES string of the molecule is CCc1ccccc1N1CCC(CCO)CC1(C)C. The van der Waals surface area contributed by atoms with Gasteiger partial charge in [0.05, 0.1) is 0 Å². The van der Waals surface area contributed by atoms with E-state index in [9.17, 15) is 0 Å². The number of benzene rings is 1. The van der Waals surface area contributed by atoms with Gasteiger partial charge in [-0.2, -0.15) is 0 Å². The van der Waals surface area contributed by atoms with Gasteiger partial charge >= 0.3 is 0 Å². The van der Waals surface area contributed by atoms with Gasteiger partial charge in [-0.15, -0.1) is 0 Å². The number of aryl methyl sites for hydroxylation is 1. The van der Waals surface area contributed by atoms with E-state index in [-0.39, 0.29) is 5.54 Å². The monoisotopic (exact) mass is 261 g/mol. The Morgan fingerprint density at radius 1 is 1.32 bits per heavy atom. The molecule has 0 bridgehead atoms. The third-order valence-corrected chi connectivity index (χ3v) is 4.48. The molecule has 2 nitrogen and oxygen atoms in total. The molecule has 0 aliphatic carbocycles. The van der Waals surface area contributed by atoms with Crippen molar-refractivity contribution in [2.24, 2.45) is 5.92 Å².